The molecular formula is C24H27FN6O2S. The van der Waals surface area contributed by atoms with Crippen LogP contribution in [-0.4, -0.2) is 57.4 Å². The molecule has 178 valence electrons. The summed E-state index contributed by atoms with van der Waals surface area (Å²) in [7, 11) is 3.89. The SMILES string of the molecule is C[C@H](c1nnc(SCC(=O)N2c3ccccc3NC(=O)C[C@H]2C)n1-c1ccc(F)cc1)N(C)C. The van der Waals surface area contributed by atoms with Gasteiger partial charge in [-0.15, -0.1) is 10.2 Å². The monoisotopic (exact) mass is 482 g/mol. The van der Waals surface area contributed by atoms with Crippen molar-refractivity contribution in [2.75, 3.05) is 30.1 Å². The number of aromatic nitrogens is 3. The summed E-state index contributed by atoms with van der Waals surface area (Å²) in [6, 6.07) is 13.0. The van der Waals surface area contributed by atoms with Crippen LogP contribution >= 0.6 is 11.8 Å². The van der Waals surface area contributed by atoms with E-state index in [0.29, 0.717) is 28.0 Å². The Bertz CT molecular complexity index is 1200. The molecule has 0 fully saturated rings. The number of benzene rings is 2. The molecule has 2 atom stereocenters. The van der Waals surface area contributed by atoms with Gasteiger partial charge in [0.2, 0.25) is 11.8 Å². The van der Waals surface area contributed by atoms with E-state index in [1.807, 2.05) is 55.6 Å². The summed E-state index contributed by atoms with van der Waals surface area (Å²) in [5.41, 5.74) is 2.01. The molecule has 4 rings (SSSR count). The highest BCUT2D eigenvalue weighted by Gasteiger charge is 2.30. The minimum absolute atomic E-state index is 0.0582. The van der Waals surface area contributed by atoms with Gasteiger partial charge in [-0.3, -0.25) is 19.1 Å². The first kappa shape index (κ1) is 23.9. The number of halogens is 1. The minimum Gasteiger partial charge on any atom is -0.324 e. The highest BCUT2D eigenvalue weighted by Crippen LogP contribution is 2.33. The van der Waals surface area contributed by atoms with Gasteiger partial charge in [-0.25, -0.2) is 4.39 Å². The van der Waals surface area contributed by atoms with Gasteiger partial charge in [-0.05, 0) is 64.3 Å². The molecule has 0 spiro atoms. The zero-order valence-electron chi connectivity index (χ0n) is 19.5. The van der Waals surface area contributed by atoms with Crippen LogP contribution in [0.4, 0.5) is 15.8 Å². The molecule has 0 saturated carbocycles. The summed E-state index contributed by atoms with van der Waals surface area (Å²) >= 11 is 1.26. The first-order valence-electron chi connectivity index (χ1n) is 11.0. The van der Waals surface area contributed by atoms with E-state index in [9.17, 15) is 14.0 Å². The Morgan fingerprint density at radius 2 is 1.91 bits per heavy atom. The van der Waals surface area contributed by atoms with Gasteiger partial charge in [-0.1, -0.05) is 23.9 Å². The molecule has 2 aromatic carbocycles. The molecule has 1 aliphatic rings. The number of amides is 2. The van der Waals surface area contributed by atoms with E-state index < -0.39 is 0 Å². The summed E-state index contributed by atoms with van der Waals surface area (Å²) in [4.78, 5) is 29.3. The number of para-hydroxylation sites is 2. The lowest BCUT2D eigenvalue weighted by Gasteiger charge is -2.27. The van der Waals surface area contributed by atoms with Crippen LogP contribution in [0.25, 0.3) is 5.69 Å². The molecule has 0 radical (unpaired) electrons. The van der Waals surface area contributed by atoms with Crippen molar-refractivity contribution in [3.63, 3.8) is 0 Å². The standard InChI is InChI=1S/C24H27FN6O2S/c1-15-13-21(32)26-19-7-5-6-8-20(19)30(15)22(33)14-34-24-28-27-23(16(2)29(3)4)31(24)18-11-9-17(25)10-12-18/h5-12,15-16H,13-14H2,1-4H3,(H,26,32)/t15-,16-/m1/s1. The number of fused-ring (bicyclic) bond motifs is 1. The van der Waals surface area contributed by atoms with Crippen LogP contribution in [0.3, 0.4) is 0 Å². The van der Waals surface area contributed by atoms with Gasteiger partial charge < -0.3 is 10.2 Å². The number of thioether (sulfide) groups is 1. The van der Waals surface area contributed by atoms with Gasteiger partial charge in [0, 0.05) is 18.2 Å². The first-order valence-corrected chi connectivity index (χ1v) is 12.0. The van der Waals surface area contributed by atoms with Gasteiger partial charge in [0.15, 0.2) is 11.0 Å². The lowest BCUT2D eigenvalue weighted by atomic mass is 10.2. The fraction of sp³-hybridized carbons (Fsp3) is 0.333. The smallest absolute Gasteiger partial charge is 0.237 e. The second-order valence-electron chi connectivity index (χ2n) is 8.46. The number of anilines is 2. The molecule has 8 nitrogen and oxygen atoms in total. The van der Waals surface area contributed by atoms with Crippen molar-refractivity contribution < 1.29 is 14.0 Å². The lowest BCUT2D eigenvalue weighted by Crippen LogP contribution is -2.40. The third-order valence-corrected chi connectivity index (χ3v) is 6.76. The van der Waals surface area contributed by atoms with E-state index >= 15 is 0 Å². The summed E-state index contributed by atoms with van der Waals surface area (Å²) in [5.74, 6) is 0.191. The third kappa shape index (κ3) is 4.83. The summed E-state index contributed by atoms with van der Waals surface area (Å²) in [6.45, 7) is 3.87. The van der Waals surface area contributed by atoms with Crippen molar-refractivity contribution in [1.29, 1.82) is 0 Å². The van der Waals surface area contributed by atoms with Crippen LogP contribution in [0, 0.1) is 5.82 Å². The highest BCUT2D eigenvalue weighted by molar-refractivity contribution is 7.99. The predicted octanol–water partition coefficient (Wildman–Crippen LogP) is 3.89. The van der Waals surface area contributed by atoms with Crippen molar-refractivity contribution in [2.45, 2.75) is 37.5 Å². The maximum absolute atomic E-state index is 13.6. The summed E-state index contributed by atoms with van der Waals surface area (Å²) in [6.07, 6.45) is 0.210. The second kappa shape index (κ2) is 9.94. The van der Waals surface area contributed by atoms with E-state index in [-0.39, 0.29) is 41.9 Å². The molecule has 0 saturated heterocycles. The van der Waals surface area contributed by atoms with E-state index in [1.165, 1.54) is 23.9 Å². The topological polar surface area (TPSA) is 83.4 Å². The molecular weight excluding hydrogens is 455 g/mol. The number of hydrogen-bond acceptors (Lipinski definition) is 6. The van der Waals surface area contributed by atoms with Crippen molar-refractivity contribution in [1.82, 2.24) is 19.7 Å². The Kier molecular flexibility index (Phi) is 6.99. The van der Waals surface area contributed by atoms with Crippen molar-refractivity contribution in [3.8, 4) is 5.69 Å². The van der Waals surface area contributed by atoms with Gasteiger partial charge >= 0.3 is 0 Å². The second-order valence-corrected chi connectivity index (χ2v) is 9.41. The first-order chi connectivity index (χ1) is 16.3. The Balaban J connectivity index is 1.63. The van der Waals surface area contributed by atoms with Gasteiger partial charge in [-0.2, -0.15) is 0 Å². The Morgan fingerprint density at radius 3 is 2.62 bits per heavy atom. The number of nitrogens with zero attached hydrogens (tertiary/aromatic N) is 5. The average molecular weight is 483 g/mol. The molecule has 10 heteroatoms. The van der Waals surface area contributed by atoms with Crippen LogP contribution < -0.4 is 10.2 Å². The largest absolute Gasteiger partial charge is 0.324 e. The number of rotatable bonds is 6. The number of nitrogens with one attached hydrogen (secondary N) is 1. The fourth-order valence-electron chi connectivity index (χ4n) is 3.87. The molecule has 0 unspecified atom stereocenters. The van der Waals surface area contributed by atoms with Crippen molar-refractivity contribution in [2.24, 2.45) is 0 Å². The fourth-order valence-corrected chi connectivity index (χ4v) is 4.69. The van der Waals surface area contributed by atoms with Gasteiger partial charge in [0.1, 0.15) is 5.82 Å². The van der Waals surface area contributed by atoms with E-state index in [2.05, 4.69) is 15.5 Å². The Labute approximate surface area is 202 Å². The molecule has 1 aliphatic heterocycles. The average Bonchev–Trinajstić information content (AvgIpc) is 3.16. The van der Waals surface area contributed by atoms with Crippen LogP contribution in [0.1, 0.15) is 32.1 Å². The normalized spacial score (nSPS) is 16.7. The van der Waals surface area contributed by atoms with E-state index in [0.717, 1.165) is 0 Å². The maximum Gasteiger partial charge on any atom is 0.237 e. The lowest BCUT2D eigenvalue weighted by molar-refractivity contribution is -0.117. The number of carbonyl (C=O) groups excluding carboxylic acids is 2. The summed E-state index contributed by atoms with van der Waals surface area (Å²) in [5, 5.41) is 12.1. The zero-order valence-corrected chi connectivity index (χ0v) is 20.3. The molecule has 2 heterocycles. The Morgan fingerprint density at radius 1 is 1.21 bits per heavy atom. The van der Waals surface area contributed by atoms with Crippen molar-refractivity contribution >= 4 is 35.0 Å². The van der Waals surface area contributed by atoms with Gasteiger partial charge in [0.25, 0.3) is 0 Å². The van der Waals surface area contributed by atoms with Gasteiger partial charge in [0.05, 0.1) is 23.2 Å². The number of carbonyl (C=O) groups is 2. The van der Waals surface area contributed by atoms with Crippen LogP contribution in [-0.2, 0) is 9.59 Å². The molecule has 0 aliphatic carbocycles. The van der Waals surface area contributed by atoms with Crippen molar-refractivity contribution in [3.05, 3.63) is 60.2 Å². The van der Waals surface area contributed by atoms with Crippen LogP contribution in [0.2, 0.25) is 0 Å². The molecule has 2 amide bonds. The van der Waals surface area contributed by atoms with E-state index in [1.54, 1.807) is 23.1 Å². The minimum atomic E-state index is -0.333. The Hall–Kier alpha value is -3.24. The van der Waals surface area contributed by atoms with Crippen LogP contribution in [0.5, 0.6) is 0 Å². The quantitative estimate of drug-likeness (QED) is 0.537. The maximum atomic E-state index is 13.6. The molecule has 0 bridgehead atoms. The van der Waals surface area contributed by atoms with Crippen LogP contribution in [0.15, 0.2) is 53.7 Å². The molecule has 34 heavy (non-hydrogen) atoms. The molecule has 3 aromatic rings. The highest BCUT2D eigenvalue weighted by atomic mass is 32.2. The number of hydrogen-bond donors (Lipinski definition) is 1. The third-order valence-electron chi connectivity index (χ3n) is 5.84. The summed E-state index contributed by atoms with van der Waals surface area (Å²) < 4.78 is 15.4. The predicted molar refractivity (Wildman–Crippen MR) is 131 cm³/mol. The molecule has 1 N–H and O–H groups in total. The van der Waals surface area contributed by atoms with E-state index in [4.69, 9.17) is 0 Å². The zero-order chi connectivity index (χ0) is 24.4. The molecule has 1 aromatic heterocycles.